The molecule has 10 heteroatoms. The molecule has 4 aromatic rings. The Hall–Kier alpha value is -4.46. The van der Waals surface area contributed by atoms with Crippen LogP contribution in [0.3, 0.4) is 0 Å². The lowest BCUT2D eigenvalue weighted by atomic mass is 9.79. The van der Waals surface area contributed by atoms with Crippen molar-refractivity contribution in [1.82, 2.24) is 9.78 Å². The molecule has 1 heterocycles. The molecule has 210 valence electrons. The standard InChI is InChI=1S/C31H29F3N6O/c32-31(33,34)28-17-27(40(39-28)26-9-2-5-22(15-26)19-36)29(41)38-25-8-3-7-24(16-25)30(37,13-12-20-10-11-20)23-6-1-4-21(14-23)18-35/h1-9,14-17,20H,10-13,19,36-37H2,(H,38,41). The van der Waals surface area contributed by atoms with Gasteiger partial charge >= 0.3 is 6.18 Å². The average Bonchev–Trinajstić information content (AvgIpc) is 3.69. The molecule has 0 saturated heterocycles. The quantitative estimate of drug-likeness (QED) is 0.237. The molecule has 1 aliphatic carbocycles. The first kappa shape index (κ1) is 28.1. The van der Waals surface area contributed by atoms with Crippen LogP contribution >= 0.6 is 0 Å². The van der Waals surface area contributed by atoms with E-state index in [0.29, 0.717) is 34.7 Å². The monoisotopic (exact) mass is 558 g/mol. The van der Waals surface area contributed by atoms with Crippen LogP contribution in [0.15, 0.2) is 78.9 Å². The molecular weight excluding hydrogens is 529 g/mol. The van der Waals surface area contributed by atoms with E-state index in [1.807, 2.05) is 12.1 Å². The fourth-order valence-corrected chi connectivity index (χ4v) is 4.92. The number of aromatic nitrogens is 2. The first-order valence-electron chi connectivity index (χ1n) is 13.3. The van der Waals surface area contributed by atoms with Crippen molar-refractivity contribution in [2.24, 2.45) is 17.4 Å². The Morgan fingerprint density at radius 1 is 1.02 bits per heavy atom. The zero-order valence-electron chi connectivity index (χ0n) is 22.2. The summed E-state index contributed by atoms with van der Waals surface area (Å²) < 4.78 is 41.8. The summed E-state index contributed by atoms with van der Waals surface area (Å²) in [5.74, 6) is -0.156. The summed E-state index contributed by atoms with van der Waals surface area (Å²) in [7, 11) is 0. The number of nitrogens with zero attached hydrogens (tertiary/aromatic N) is 3. The number of halogens is 3. The van der Waals surface area contributed by atoms with Crippen LogP contribution in [-0.2, 0) is 18.3 Å². The van der Waals surface area contributed by atoms with Gasteiger partial charge in [0.25, 0.3) is 5.91 Å². The largest absolute Gasteiger partial charge is 0.435 e. The van der Waals surface area contributed by atoms with Gasteiger partial charge in [-0.15, -0.1) is 0 Å². The first-order chi connectivity index (χ1) is 19.6. The molecule has 0 radical (unpaired) electrons. The molecule has 0 spiro atoms. The van der Waals surface area contributed by atoms with E-state index in [2.05, 4.69) is 16.5 Å². The van der Waals surface area contributed by atoms with Gasteiger partial charge < -0.3 is 16.8 Å². The lowest BCUT2D eigenvalue weighted by Crippen LogP contribution is -2.38. The minimum atomic E-state index is -4.75. The van der Waals surface area contributed by atoms with Crippen molar-refractivity contribution in [1.29, 1.82) is 5.26 Å². The highest BCUT2D eigenvalue weighted by atomic mass is 19.4. The zero-order chi connectivity index (χ0) is 29.2. The minimum Gasteiger partial charge on any atom is -0.326 e. The predicted octanol–water partition coefficient (Wildman–Crippen LogP) is 5.87. The minimum absolute atomic E-state index is 0.175. The van der Waals surface area contributed by atoms with Crippen LogP contribution in [0.5, 0.6) is 0 Å². The summed E-state index contributed by atoms with van der Waals surface area (Å²) >= 11 is 0. The molecule has 5 N–H and O–H groups in total. The summed E-state index contributed by atoms with van der Waals surface area (Å²) in [6, 6.07) is 23.5. The summed E-state index contributed by atoms with van der Waals surface area (Å²) in [6.07, 6.45) is -0.892. The second-order valence-electron chi connectivity index (χ2n) is 10.4. The summed E-state index contributed by atoms with van der Waals surface area (Å²) in [6.45, 7) is 0.175. The topological polar surface area (TPSA) is 123 Å². The van der Waals surface area contributed by atoms with Crippen LogP contribution < -0.4 is 16.8 Å². The summed E-state index contributed by atoms with van der Waals surface area (Å²) in [5.41, 5.74) is 13.6. The highest BCUT2D eigenvalue weighted by molar-refractivity contribution is 6.03. The Kier molecular flexibility index (Phi) is 7.67. The van der Waals surface area contributed by atoms with Crippen LogP contribution in [0.1, 0.15) is 64.1 Å². The Morgan fingerprint density at radius 2 is 1.73 bits per heavy atom. The number of hydrogen-bond donors (Lipinski definition) is 3. The summed E-state index contributed by atoms with van der Waals surface area (Å²) in [5, 5.41) is 15.9. The Labute approximate surface area is 235 Å². The molecule has 1 aromatic heterocycles. The number of nitrogens with two attached hydrogens (primary N) is 2. The summed E-state index contributed by atoms with van der Waals surface area (Å²) in [4.78, 5) is 13.4. The van der Waals surface area contributed by atoms with Gasteiger partial charge in [-0.05, 0) is 71.8 Å². The Balaban J connectivity index is 1.49. The van der Waals surface area contributed by atoms with Crippen molar-refractivity contribution < 1.29 is 18.0 Å². The van der Waals surface area contributed by atoms with Crippen LogP contribution in [0, 0.1) is 17.2 Å². The van der Waals surface area contributed by atoms with Crippen molar-refractivity contribution in [3.05, 3.63) is 113 Å². The Morgan fingerprint density at radius 3 is 2.41 bits per heavy atom. The third kappa shape index (κ3) is 6.16. The maximum Gasteiger partial charge on any atom is 0.435 e. The Bertz CT molecular complexity index is 1620. The molecule has 0 bridgehead atoms. The van der Waals surface area contributed by atoms with Crippen molar-refractivity contribution >= 4 is 11.6 Å². The van der Waals surface area contributed by atoms with E-state index in [1.54, 1.807) is 60.7 Å². The number of carbonyl (C=O) groups excluding carboxylic acids is 1. The molecule has 1 amide bonds. The van der Waals surface area contributed by atoms with E-state index in [0.717, 1.165) is 35.6 Å². The van der Waals surface area contributed by atoms with Gasteiger partial charge in [-0.3, -0.25) is 4.79 Å². The van der Waals surface area contributed by atoms with Crippen molar-refractivity contribution in [2.75, 3.05) is 5.32 Å². The van der Waals surface area contributed by atoms with Gasteiger partial charge in [0.05, 0.1) is 22.9 Å². The van der Waals surface area contributed by atoms with Crippen LogP contribution in [0.2, 0.25) is 0 Å². The third-order valence-corrected chi connectivity index (χ3v) is 7.41. The van der Waals surface area contributed by atoms with E-state index < -0.39 is 23.3 Å². The lowest BCUT2D eigenvalue weighted by molar-refractivity contribution is -0.141. The number of amides is 1. The normalized spacial score (nSPS) is 14.7. The molecule has 7 nitrogen and oxygen atoms in total. The van der Waals surface area contributed by atoms with Crippen LogP contribution in [-0.4, -0.2) is 15.7 Å². The molecule has 41 heavy (non-hydrogen) atoms. The fourth-order valence-electron chi connectivity index (χ4n) is 4.92. The van der Waals surface area contributed by atoms with Gasteiger partial charge in [0.1, 0.15) is 5.69 Å². The second kappa shape index (κ2) is 11.2. The third-order valence-electron chi connectivity index (χ3n) is 7.41. The van der Waals surface area contributed by atoms with Crippen LogP contribution in [0.25, 0.3) is 5.69 Å². The predicted molar refractivity (Wildman–Crippen MR) is 149 cm³/mol. The number of hydrogen-bond acceptors (Lipinski definition) is 5. The van der Waals surface area contributed by atoms with E-state index in [-0.39, 0.29) is 17.9 Å². The van der Waals surface area contributed by atoms with Gasteiger partial charge in [0, 0.05) is 18.3 Å². The molecule has 3 aromatic carbocycles. The molecule has 5 rings (SSSR count). The number of alkyl halides is 3. The van der Waals surface area contributed by atoms with E-state index in [9.17, 15) is 23.2 Å². The first-order valence-corrected chi connectivity index (χ1v) is 13.3. The second-order valence-corrected chi connectivity index (χ2v) is 10.4. The molecule has 1 saturated carbocycles. The van der Waals surface area contributed by atoms with Crippen molar-refractivity contribution in [2.45, 2.75) is 43.9 Å². The van der Waals surface area contributed by atoms with Crippen LogP contribution in [0.4, 0.5) is 18.9 Å². The zero-order valence-corrected chi connectivity index (χ0v) is 22.2. The number of nitrogens with one attached hydrogen (secondary N) is 1. The number of nitriles is 1. The van der Waals surface area contributed by atoms with Gasteiger partial charge in [-0.25, -0.2) is 4.68 Å². The smallest absolute Gasteiger partial charge is 0.326 e. The SMILES string of the molecule is N#Cc1cccc(C(N)(CCC2CC2)c2cccc(NC(=O)c3cc(C(F)(F)F)nn3-c3cccc(CN)c3)c2)c1. The molecular formula is C31H29F3N6O. The number of carbonyl (C=O) groups is 1. The van der Waals surface area contributed by atoms with Crippen molar-refractivity contribution in [3.8, 4) is 11.8 Å². The van der Waals surface area contributed by atoms with E-state index in [1.165, 1.54) is 0 Å². The molecule has 0 aliphatic heterocycles. The number of rotatable bonds is 9. The number of benzene rings is 3. The molecule has 1 aliphatic rings. The van der Waals surface area contributed by atoms with Gasteiger partial charge in [0.15, 0.2) is 5.69 Å². The fraction of sp³-hybridized carbons (Fsp3) is 0.258. The maximum absolute atomic E-state index is 13.6. The van der Waals surface area contributed by atoms with Gasteiger partial charge in [-0.2, -0.15) is 23.5 Å². The van der Waals surface area contributed by atoms with Gasteiger partial charge in [-0.1, -0.05) is 49.2 Å². The van der Waals surface area contributed by atoms with E-state index in [4.69, 9.17) is 11.5 Å². The molecule has 1 unspecified atom stereocenters. The lowest BCUT2D eigenvalue weighted by Gasteiger charge is -2.31. The molecule has 1 fully saturated rings. The highest BCUT2D eigenvalue weighted by Crippen LogP contribution is 2.40. The maximum atomic E-state index is 13.6. The number of anilines is 1. The highest BCUT2D eigenvalue weighted by Gasteiger charge is 2.37. The van der Waals surface area contributed by atoms with E-state index >= 15 is 0 Å². The molecule has 1 atom stereocenters. The van der Waals surface area contributed by atoms with Gasteiger partial charge in [0.2, 0.25) is 0 Å². The average molecular weight is 559 g/mol. The van der Waals surface area contributed by atoms with Crippen molar-refractivity contribution in [3.63, 3.8) is 0 Å².